The van der Waals surface area contributed by atoms with E-state index in [2.05, 4.69) is 0 Å². The summed E-state index contributed by atoms with van der Waals surface area (Å²) < 4.78 is 0. The van der Waals surface area contributed by atoms with Gasteiger partial charge in [0.05, 0.1) is 5.56 Å². The van der Waals surface area contributed by atoms with Crippen LogP contribution in [0.15, 0.2) is 18.2 Å². The van der Waals surface area contributed by atoms with Gasteiger partial charge in [-0.25, -0.2) is 0 Å². The number of benzene rings is 1. The largest absolute Gasteiger partial charge is 0.398 e. The summed E-state index contributed by atoms with van der Waals surface area (Å²) in [6.45, 7) is 0.861. The van der Waals surface area contributed by atoms with E-state index >= 15 is 0 Å². The maximum Gasteiger partial charge on any atom is 0.256 e. The third-order valence-electron chi connectivity index (χ3n) is 4.05. The molecule has 90 valence electrons. The smallest absolute Gasteiger partial charge is 0.256 e. The van der Waals surface area contributed by atoms with E-state index in [0.29, 0.717) is 11.7 Å². The maximum atomic E-state index is 12.5. The molecule has 1 heterocycles. The first-order valence-electron chi connectivity index (χ1n) is 6.45. The molecule has 0 bridgehead atoms. The molecule has 0 unspecified atom stereocenters. The van der Waals surface area contributed by atoms with Gasteiger partial charge in [0, 0.05) is 18.3 Å². The van der Waals surface area contributed by atoms with Crippen molar-refractivity contribution in [3.05, 3.63) is 29.3 Å². The summed E-state index contributed by atoms with van der Waals surface area (Å²) in [6, 6.07) is 6.24. The zero-order valence-electron chi connectivity index (χ0n) is 9.98. The van der Waals surface area contributed by atoms with Crippen molar-refractivity contribution >= 4 is 11.6 Å². The lowest BCUT2D eigenvalue weighted by atomic mass is 9.96. The van der Waals surface area contributed by atoms with Gasteiger partial charge in [0.25, 0.3) is 5.91 Å². The Hall–Kier alpha value is -1.51. The van der Waals surface area contributed by atoms with Gasteiger partial charge in [-0.1, -0.05) is 25.0 Å². The number of anilines is 1. The second-order valence-electron chi connectivity index (χ2n) is 5.07. The Morgan fingerprint density at radius 3 is 2.76 bits per heavy atom. The monoisotopic (exact) mass is 230 g/mol. The number of carbonyl (C=O) groups is 1. The van der Waals surface area contributed by atoms with Gasteiger partial charge in [0.15, 0.2) is 0 Å². The molecule has 3 rings (SSSR count). The molecule has 1 aromatic rings. The number of hydrogen-bond acceptors (Lipinski definition) is 2. The topological polar surface area (TPSA) is 46.3 Å². The van der Waals surface area contributed by atoms with E-state index in [1.54, 1.807) is 0 Å². The summed E-state index contributed by atoms with van der Waals surface area (Å²) in [5.74, 6) is 0.149. The van der Waals surface area contributed by atoms with Gasteiger partial charge >= 0.3 is 0 Å². The van der Waals surface area contributed by atoms with Crippen LogP contribution in [-0.2, 0) is 6.42 Å². The number of fused-ring (bicyclic) bond motifs is 1. The van der Waals surface area contributed by atoms with E-state index in [-0.39, 0.29) is 5.91 Å². The molecule has 2 N–H and O–H groups in total. The highest BCUT2D eigenvalue weighted by atomic mass is 16.2. The fourth-order valence-electron chi connectivity index (χ4n) is 3.14. The number of hydrogen-bond donors (Lipinski definition) is 1. The van der Waals surface area contributed by atoms with Crippen molar-refractivity contribution in [3.8, 4) is 0 Å². The van der Waals surface area contributed by atoms with Gasteiger partial charge in [0.1, 0.15) is 0 Å². The lowest BCUT2D eigenvalue weighted by Gasteiger charge is -2.34. The third-order valence-corrected chi connectivity index (χ3v) is 4.05. The van der Waals surface area contributed by atoms with E-state index in [9.17, 15) is 4.79 Å². The number of amides is 1. The van der Waals surface area contributed by atoms with E-state index in [1.165, 1.54) is 12.8 Å². The Bertz CT molecular complexity index is 450. The lowest BCUT2D eigenvalue weighted by molar-refractivity contribution is 0.0665. The molecule has 1 aromatic carbocycles. The van der Waals surface area contributed by atoms with Crippen LogP contribution in [0.3, 0.4) is 0 Å². The van der Waals surface area contributed by atoms with Gasteiger partial charge in [-0.15, -0.1) is 0 Å². The molecule has 1 aliphatic heterocycles. The Morgan fingerprint density at radius 2 is 2.00 bits per heavy atom. The van der Waals surface area contributed by atoms with Gasteiger partial charge in [-0.3, -0.25) is 4.79 Å². The molecule has 0 spiro atoms. The summed E-state index contributed by atoms with van der Waals surface area (Å²) in [6.07, 6.45) is 5.78. The van der Waals surface area contributed by atoms with Gasteiger partial charge in [-0.05, 0) is 30.9 Å². The van der Waals surface area contributed by atoms with Crippen molar-refractivity contribution in [1.82, 2.24) is 4.90 Å². The molecule has 2 aliphatic rings. The highest BCUT2D eigenvalue weighted by Crippen LogP contribution is 2.30. The van der Waals surface area contributed by atoms with Crippen LogP contribution in [0.5, 0.6) is 0 Å². The molecule has 3 heteroatoms. The zero-order valence-corrected chi connectivity index (χ0v) is 9.98. The number of nitrogen functional groups attached to an aromatic ring is 1. The molecule has 1 saturated carbocycles. The second-order valence-corrected chi connectivity index (χ2v) is 5.07. The predicted molar refractivity (Wildman–Crippen MR) is 67.9 cm³/mol. The Labute approximate surface area is 102 Å². The summed E-state index contributed by atoms with van der Waals surface area (Å²) in [5.41, 5.74) is 8.45. The minimum atomic E-state index is 0.149. The number of nitrogens with zero attached hydrogens (tertiary/aromatic N) is 1. The molecule has 1 amide bonds. The van der Waals surface area contributed by atoms with Gasteiger partial charge in [0.2, 0.25) is 0 Å². The van der Waals surface area contributed by atoms with E-state index in [1.807, 2.05) is 23.1 Å². The van der Waals surface area contributed by atoms with Crippen LogP contribution in [-0.4, -0.2) is 23.4 Å². The molecule has 0 aromatic heterocycles. The summed E-state index contributed by atoms with van der Waals surface area (Å²) in [4.78, 5) is 14.5. The summed E-state index contributed by atoms with van der Waals surface area (Å²) in [5, 5.41) is 0. The molecular weight excluding hydrogens is 212 g/mol. The maximum absolute atomic E-state index is 12.5. The molecule has 1 aliphatic carbocycles. The van der Waals surface area contributed by atoms with Crippen molar-refractivity contribution in [2.24, 2.45) is 0 Å². The van der Waals surface area contributed by atoms with Crippen molar-refractivity contribution in [2.45, 2.75) is 38.1 Å². The average Bonchev–Trinajstić information content (AvgIpc) is 2.83. The highest BCUT2D eigenvalue weighted by Gasteiger charge is 2.32. The third kappa shape index (κ3) is 1.70. The second kappa shape index (κ2) is 4.06. The molecule has 17 heavy (non-hydrogen) atoms. The van der Waals surface area contributed by atoms with E-state index in [0.717, 1.165) is 36.9 Å². The molecule has 1 fully saturated rings. The number of nitrogens with two attached hydrogens (primary N) is 1. The molecule has 3 nitrogen and oxygen atoms in total. The van der Waals surface area contributed by atoms with Crippen LogP contribution in [0.1, 0.15) is 41.6 Å². The first-order chi connectivity index (χ1) is 8.27. The first-order valence-corrected chi connectivity index (χ1v) is 6.45. The van der Waals surface area contributed by atoms with Gasteiger partial charge in [-0.2, -0.15) is 0 Å². The average molecular weight is 230 g/mol. The van der Waals surface area contributed by atoms with Crippen LogP contribution < -0.4 is 5.73 Å². The molecule has 0 radical (unpaired) electrons. The fraction of sp³-hybridized carbons (Fsp3) is 0.500. The minimum Gasteiger partial charge on any atom is -0.398 e. The van der Waals surface area contributed by atoms with E-state index < -0.39 is 0 Å². The molecule has 0 saturated heterocycles. The summed E-state index contributed by atoms with van der Waals surface area (Å²) >= 11 is 0. The zero-order chi connectivity index (χ0) is 11.8. The number of rotatable bonds is 1. The Balaban J connectivity index is 1.94. The van der Waals surface area contributed by atoms with Crippen LogP contribution in [0.2, 0.25) is 0 Å². The minimum absolute atomic E-state index is 0.149. The number of carbonyl (C=O) groups excluding carboxylic acids is 1. The Kier molecular flexibility index (Phi) is 2.54. The van der Waals surface area contributed by atoms with E-state index in [4.69, 9.17) is 5.73 Å². The van der Waals surface area contributed by atoms with Crippen molar-refractivity contribution in [1.29, 1.82) is 0 Å². The summed E-state index contributed by atoms with van der Waals surface area (Å²) in [7, 11) is 0. The van der Waals surface area contributed by atoms with Crippen LogP contribution in [0.4, 0.5) is 5.69 Å². The molecule has 0 atom stereocenters. The fourth-order valence-corrected chi connectivity index (χ4v) is 3.14. The van der Waals surface area contributed by atoms with Crippen molar-refractivity contribution in [2.75, 3.05) is 12.3 Å². The SMILES string of the molecule is Nc1cccc2c1C(=O)N(C1CCCC1)CC2. The van der Waals surface area contributed by atoms with Crippen LogP contribution in [0, 0.1) is 0 Å². The first kappa shape index (κ1) is 10.6. The Morgan fingerprint density at radius 1 is 1.24 bits per heavy atom. The normalized spacial score (nSPS) is 20.7. The van der Waals surface area contributed by atoms with Crippen molar-refractivity contribution < 1.29 is 4.79 Å². The van der Waals surface area contributed by atoms with Crippen LogP contribution >= 0.6 is 0 Å². The molecular formula is C14H18N2O. The van der Waals surface area contributed by atoms with Crippen LogP contribution in [0.25, 0.3) is 0 Å². The van der Waals surface area contributed by atoms with Gasteiger partial charge < -0.3 is 10.6 Å². The predicted octanol–water partition coefficient (Wildman–Crippen LogP) is 2.21. The van der Waals surface area contributed by atoms with Crippen molar-refractivity contribution in [3.63, 3.8) is 0 Å². The quantitative estimate of drug-likeness (QED) is 0.752. The lowest BCUT2D eigenvalue weighted by Crippen LogP contribution is -2.43. The standard InChI is InChI=1S/C14H18N2O/c15-12-7-3-4-10-8-9-16(14(17)13(10)12)11-5-1-2-6-11/h3-4,7,11H,1-2,5-6,8-9,15H2. The highest BCUT2D eigenvalue weighted by molar-refractivity contribution is 6.01.